The molecule has 0 amide bonds. The fraction of sp³-hybridized carbons (Fsp3) is 1.00. The van der Waals surface area contributed by atoms with E-state index >= 15 is 0 Å². The molecule has 15 heavy (non-hydrogen) atoms. The van der Waals surface area contributed by atoms with Crippen molar-refractivity contribution in [2.24, 2.45) is 16.7 Å². The van der Waals surface area contributed by atoms with Gasteiger partial charge in [0.2, 0.25) is 0 Å². The monoisotopic (exact) mass is 213 g/mol. The molecule has 0 aromatic heterocycles. The zero-order valence-corrected chi connectivity index (χ0v) is 9.79. The van der Waals surface area contributed by atoms with Crippen LogP contribution < -0.4 is 5.32 Å². The normalized spacial score (nSPS) is 44.4. The van der Waals surface area contributed by atoms with Gasteiger partial charge in [-0.15, -0.1) is 0 Å². The molecule has 0 aliphatic heterocycles. The molecule has 4 atom stereocenters. The molecule has 0 aromatic carbocycles. The van der Waals surface area contributed by atoms with Gasteiger partial charge in [-0.1, -0.05) is 20.3 Å². The van der Waals surface area contributed by atoms with Crippen LogP contribution in [0.4, 0.5) is 0 Å². The van der Waals surface area contributed by atoms with E-state index in [1.807, 2.05) is 0 Å². The van der Waals surface area contributed by atoms with Gasteiger partial charge < -0.3 is 10.2 Å². The fourth-order valence-electron chi connectivity index (χ4n) is 3.61. The van der Waals surface area contributed by atoms with Crippen LogP contribution in [-0.4, -0.2) is 29.6 Å². The summed E-state index contributed by atoms with van der Waals surface area (Å²) in [4.78, 5) is 0. The second kappa shape index (κ2) is 3.72. The van der Waals surface area contributed by atoms with Crippen LogP contribution in [0.25, 0.3) is 0 Å². The number of aliphatic hydroxyl groups excluding tert-OH is 2. The molecule has 3 N–H and O–H groups in total. The highest BCUT2D eigenvalue weighted by molar-refractivity contribution is 5.20. The molecule has 2 aliphatic carbocycles. The first-order valence-corrected chi connectivity index (χ1v) is 6.09. The summed E-state index contributed by atoms with van der Waals surface area (Å²) in [5.74, 6) is 0.933. The third kappa shape index (κ3) is 1.81. The van der Waals surface area contributed by atoms with Crippen molar-refractivity contribution in [2.75, 3.05) is 13.2 Å². The summed E-state index contributed by atoms with van der Waals surface area (Å²) in [5.41, 5.74) is 1.21. The van der Waals surface area contributed by atoms with Crippen LogP contribution in [0.5, 0.6) is 0 Å². The highest BCUT2D eigenvalue weighted by Gasteiger charge is 2.70. The Labute approximate surface area is 91.9 Å². The van der Waals surface area contributed by atoms with Crippen LogP contribution in [0.2, 0.25) is 0 Å². The standard InChI is InChI=1S/C12H23NO2/c1-3-11(2)8-12(6-9(11)12)4-5-13-10(15)7-14/h9-10,13-15H,3-8H2,1-2H3. The van der Waals surface area contributed by atoms with Crippen LogP contribution in [-0.2, 0) is 0 Å². The molecule has 4 unspecified atom stereocenters. The lowest BCUT2D eigenvalue weighted by atomic mass is 9.61. The van der Waals surface area contributed by atoms with Gasteiger partial charge >= 0.3 is 0 Å². The van der Waals surface area contributed by atoms with Crippen molar-refractivity contribution < 1.29 is 10.2 Å². The number of hydrogen-bond donors (Lipinski definition) is 3. The minimum Gasteiger partial charge on any atom is -0.392 e. The van der Waals surface area contributed by atoms with E-state index in [2.05, 4.69) is 19.2 Å². The highest BCUT2D eigenvalue weighted by atomic mass is 16.3. The van der Waals surface area contributed by atoms with Gasteiger partial charge in [0, 0.05) is 0 Å². The first-order chi connectivity index (χ1) is 7.06. The van der Waals surface area contributed by atoms with E-state index in [1.54, 1.807) is 0 Å². The van der Waals surface area contributed by atoms with Gasteiger partial charge in [0.15, 0.2) is 0 Å². The van der Waals surface area contributed by atoms with E-state index in [0.29, 0.717) is 10.8 Å². The zero-order chi connectivity index (χ0) is 11.1. The van der Waals surface area contributed by atoms with E-state index in [4.69, 9.17) is 10.2 Å². The Kier molecular flexibility index (Phi) is 2.82. The van der Waals surface area contributed by atoms with Crippen molar-refractivity contribution in [3.8, 4) is 0 Å². The van der Waals surface area contributed by atoms with Gasteiger partial charge in [0.25, 0.3) is 0 Å². The lowest BCUT2D eigenvalue weighted by Crippen LogP contribution is -2.39. The molecule has 0 saturated heterocycles. The Bertz CT molecular complexity index is 246. The smallest absolute Gasteiger partial charge is 0.128 e. The fourth-order valence-corrected chi connectivity index (χ4v) is 3.61. The van der Waals surface area contributed by atoms with Crippen LogP contribution in [0.3, 0.4) is 0 Å². The summed E-state index contributed by atoms with van der Waals surface area (Å²) >= 11 is 0. The minimum absolute atomic E-state index is 0.191. The van der Waals surface area contributed by atoms with Crippen molar-refractivity contribution in [2.45, 2.75) is 45.8 Å². The molecule has 0 heterocycles. The van der Waals surface area contributed by atoms with Gasteiger partial charge in [-0.2, -0.15) is 0 Å². The number of fused-ring (bicyclic) bond motifs is 1. The molecule has 0 spiro atoms. The molecule has 0 aromatic rings. The van der Waals surface area contributed by atoms with E-state index in [9.17, 15) is 0 Å². The maximum atomic E-state index is 9.15. The molecule has 2 fully saturated rings. The SMILES string of the molecule is CCC1(C)CC2(CCNC(O)CO)CC12. The summed E-state index contributed by atoms with van der Waals surface area (Å²) < 4.78 is 0. The number of aliphatic hydroxyl groups is 2. The predicted octanol–water partition coefficient (Wildman–Crippen LogP) is 1.10. The van der Waals surface area contributed by atoms with Gasteiger partial charge in [0.1, 0.15) is 6.23 Å². The second-order valence-corrected chi connectivity index (χ2v) is 5.71. The van der Waals surface area contributed by atoms with E-state index in [0.717, 1.165) is 18.9 Å². The molecule has 88 valence electrons. The number of rotatable bonds is 6. The first kappa shape index (κ1) is 11.4. The van der Waals surface area contributed by atoms with Crippen LogP contribution in [0.15, 0.2) is 0 Å². The third-order valence-electron chi connectivity index (χ3n) is 4.77. The number of hydrogen-bond acceptors (Lipinski definition) is 3. The maximum absolute atomic E-state index is 9.15. The largest absolute Gasteiger partial charge is 0.392 e. The van der Waals surface area contributed by atoms with Crippen LogP contribution >= 0.6 is 0 Å². The summed E-state index contributed by atoms with van der Waals surface area (Å²) in [6.45, 7) is 5.33. The van der Waals surface area contributed by atoms with Crippen molar-refractivity contribution in [1.82, 2.24) is 5.32 Å². The Morgan fingerprint density at radius 1 is 1.53 bits per heavy atom. The van der Waals surface area contributed by atoms with Crippen molar-refractivity contribution in [1.29, 1.82) is 0 Å². The molecule has 3 nitrogen and oxygen atoms in total. The Morgan fingerprint density at radius 3 is 2.80 bits per heavy atom. The zero-order valence-electron chi connectivity index (χ0n) is 9.79. The van der Waals surface area contributed by atoms with Crippen molar-refractivity contribution in [3.63, 3.8) is 0 Å². The Hall–Kier alpha value is -0.120. The Balaban J connectivity index is 1.68. The molecule has 0 bridgehead atoms. The quantitative estimate of drug-likeness (QED) is 0.579. The lowest BCUT2D eigenvalue weighted by molar-refractivity contribution is 0.0395. The lowest BCUT2D eigenvalue weighted by Gasteiger charge is -2.44. The van der Waals surface area contributed by atoms with Gasteiger partial charge in [-0.05, 0) is 42.6 Å². The molecule has 0 radical (unpaired) electrons. The topological polar surface area (TPSA) is 52.5 Å². The molecule has 2 aliphatic rings. The summed E-state index contributed by atoms with van der Waals surface area (Å²) in [7, 11) is 0. The highest BCUT2D eigenvalue weighted by Crippen LogP contribution is 2.78. The van der Waals surface area contributed by atoms with E-state index in [1.165, 1.54) is 19.3 Å². The van der Waals surface area contributed by atoms with Crippen LogP contribution in [0, 0.1) is 16.7 Å². The molecule has 2 rings (SSSR count). The predicted molar refractivity (Wildman–Crippen MR) is 59.3 cm³/mol. The average Bonchev–Trinajstić information content (AvgIpc) is 2.85. The van der Waals surface area contributed by atoms with Crippen molar-refractivity contribution in [3.05, 3.63) is 0 Å². The van der Waals surface area contributed by atoms with Crippen molar-refractivity contribution >= 4 is 0 Å². The third-order valence-corrected chi connectivity index (χ3v) is 4.77. The maximum Gasteiger partial charge on any atom is 0.128 e. The summed E-state index contributed by atoms with van der Waals surface area (Å²) in [6, 6.07) is 0. The van der Waals surface area contributed by atoms with Gasteiger partial charge in [-0.3, -0.25) is 5.32 Å². The number of nitrogens with one attached hydrogen (secondary N) is 1. The molecular weight excluding hydrogens is 190 g/mol. The van der Waals surface area contributed by atoms with E-state index < -0.39 is 6.23 Å². The van der Waals surface area contributed by atoms with Crippen LogP contribution in [0.1, 0.15) is 39.5 Å². The summed E-state index contributed by atoms with van der Waals surface area (Å²) in [6.07, 6.45) is 4.46. The first-order valence-electron chi connectivity index (χ1n) is 6.09. The molecular formula is C12H23NO2. The van der Waals surface area contributed by atoms with E-state index in [-0.39, 0.29) is 6.61 Å². The second-order valence-electron chi connectivity index (χ2n) is 5.71. The van der Waals surface area contributed by atoms with Gasteiger partial charge in [-0.25, -0.2) is 0 Å². The molecule has 3 heteroatoms. The minimum atomic E-state index is -0.740. The summed E-state index contributed by atoms with van der Waals surface area (Å²) in [5, 5.41) is 20.7. The van der Waals surface area contributed by atoms with Gasteiger partial charge in [0.05, 0.1) is 6.61 Å². The average molecular weight is 213 g/mol. The Morgan fingerprint density at radius 2 is 2.27 bits per heavy atom. The molecule has 2 saturated carbocycles.